The van der Waals surface area contributed by atoms with Crippen molar-refractivity contribution in [3.05, 3.63) is 29.3 Å². The summed E-state index contributed by atoms with van der Waals surface area (Å²) in [6.07, 6.45) is 0. The Labute approximate surface area is 104 Å². The van der Waals surface area contributed by atoms with Crippen LogP contribution in [0.5, 0.6) is 0 Å². The molecule has 1 aromatic rings. The number of aliphatic carboxylic acids is 1. The first-order chi connectivity index (χ1) is 7.99. The Morgan fingerprint density at radius 3 is 2.41 bits per heavy atom. The van der Waals surface area contributed by atoms with Crippen LogP contribution in [0.1, 0.15) is 6.92 Å². The average Bonchev–Trinajstić information content (AvgIpc) is 2.25. The zero-order valence-corrected chi connectivity index (χ0v) is 9.99. The van der Waals surface area contributed by atoms with Gasteiger partial charge < -0.3 is 15.7 Å². The van der Waals surface area contributed by atoms with Crippen LogP contribution < -0.4 is 10.6 Å². The standard InChI is InChI=1S/C11H13ClN2O3/c1-7(15)14-10(11(16)17)6-13-9-4-2-8(12)3-5-9/h2-5,10,13H,6H2,1H3,(H,14,15)(H,16,17). The molecule has 0 saturated heterocycles. The van der Waals surface area contributed by atoms with Crippen LogP contribution in [0.15, 0.2) is 24.3 Å². The Kier molecular flexibility index (Phi) is 4.78. The number of carbonyl (C=O) groups is 2. The van der Waals surface area contributed by atoms with Crippen LogP contribution in [0.2, 0.25) is 5.02 Å². The molecule has 1 amide bonds. The van der Waals surface area contributed by atoms with Gasteiger partial charge in [-0.05, 0) is 24.3 Å². The van der Waals surface area contributed by atoms with Crippen molar-refractivity contribution >= 4 is 29.2 Å². The Balaban J connectivity index is 2.54. The second-order valence-corrected chi connectivity index (χ2v) is 3.92. The second kappa shape index (κ2) is 6.10. The molecule has 0 spiro atoms. The Morgan fingerprint density at radius 1 is 1.35 bits per heavy atom. The highest BCUT2D eigenvalue weighted by Gasteiger charge is 2.17. The Hall–Kier alpha value is -1.75. The molecule has 6 heteroatoms. The van der Waals surface area contributed by atoms with Crippen LogP contribution in [0, 0.1) is 0 Å². The third kappa shape index (κ3) is 4.74. The minimum absolute atomic E-state index is 0.108. The van der Waals surface area contributed by atoms with E-state index in [2.05, 4.69) is 10.6 Å². The van der Waals surface area contributed by atoms with Crippen molar-refractivity contribution in [2.75, 3.05) is 11.9 Å². The van der Waals surface area contributed by atoms with Crippen molar-refractivity contribution in [1.29, 1.82) is 0 Å². The van der Waals surface area contributed by atoms with Gasteiger partial charge in [0, 0.05) is 24.2 Å². The maximum atomic E-state index is 10.8. The summed E-state index contributed by atoms with van der Waals surface area (Å²) in [5.41, 5.74) is 0.742. The summed E-state index contributed by atoms with van der Waals surface area (Å²) in [5, 5.41) is 14.7. The predicted octanol–water partition coefficient (Wildman–Crippen LogP) is 1.34. The zero-order valence-electron chi connectivity index (χ0n) is 9.24. The summed E-state index contributed by atoms with van der Waals surface area (Å²) in [4.78, 5) is 21.6. The highest BCUT2D eigenvalue weighted by molar-refractivity contribution is 6.30. The molecule has 1 aromatic carbocycles. The number of hydrogen-bond donors (Lipinski definition) is 3. The molecule has 0 saturated carbocycles. The Morgan fingerprint density at radius 2 is 1.94 bits per heavy atom. The molecule has 3 N–H and O–H groups in total. The van der Waals surface area contributed by atoms with Crippen molar-refractivity contribution in [2.45, 2.75) is 13.0 Å². The quantitative estimate of drug-likeness (QED) is 0.743. The van der Waals surface area contributed by atoms with Gasteiger partial charge >= 0.3 is 5.97 Å². The SMILES string of the molecule is CC(=O)NC(CNc1ccc(Cl)cc1)C(=O)O. The molecule has 0 aliphatic heterocycles. The molecule has 0 aliphatic rings. The highest BCUT2D eigenvalue weighted by atomic mass is 35.5. The topological polar surface area (TPSA) is 78.4 Å². The van der Waals surface area contributed by atoms with E-state index in [-0.39, 0.29) is 12.5 Å². The molecule has 0 fully saturated rings. The van der Waals surface area contributed by atoms with Crippen molar-refractivity contribution in [3.63, 3.8) is 0 Å². The maximum Gasteiger partial charge on any atom is 0.328 e. The molecule has 0 bridgehead atoms. The van der Waals surface area contributed by atoms with Crippen LogP contribution in [-0.4, -0.2) is 29.6 Å². The van der Waals surface area contributed by atoms with E-state index in [1.165, 1.54) is 6.92 Å². The van der Waals surface area contributed by atoms with E-state index in [0.29, 0.717) is 5.02 Å². The van der Waals surface area contributed by atoms with Gasteiger partial charge in [0.05, 0.1) is 0 Å². The van der Waals surface area contributed by atoms with Crippen LogP contribution in [-0.2, 0) is 9.59 Å². The molecular formula is C11H13ClN2O3. The predicted molar refractivity (Wildman–Crippen MR) is 65.2 cm³/mol. The fourth-order valence-corrected chi connectivity index (χ4v) is 1.36. The van der Waals surface area contributed by atoms with Gasteiger partial charge in [0.1, 0.15) is 6.04 Å². The third-order valence-electron chi connectivity index (χ3n) is 2.03. The van der Waals surface area contributed by atoms with E-state index < -0.39 is 12.0 Å². The molecule has 0 aliphatic carbocycles. The number of anilines is 1. The average molecular weight is 257 g/mol. The fourth-order valence-electron chi connectivity index (χ4n) is 1.23. The molecule has 5 nitrogen and oxygen atoms in total. The normalized spacial score (nSPS) is 11.6. The van der Waals surface area contributed by atoms with Crippen molar-refractivity contribution in [3.8, 4) is 0 Å². The van der Waals surface area contributed by atoms with Gasteiger partial charge in [-0.1, -0.05) is 11.6 Å². The number of carbonyl (C=O) groups excluding carboxylic acids is 1. The van der Waals surface area contributed by atoms with Gasteiger partial charge in [0.2, 0.25) is 5.91 Å². The van der Waals surface area contributed by atoms with Gasteiger partial charge in [0.15, 0.2) is 0 Å². The first kappa shape index (κ1) is 13.3. The van der Waals surface area contributed by atoms with E-state index in [9.17, 15) is 9.59 Å². The lowest BCUT2D eigenvalue weighted by Gasteiger charge is -2.14. The number of nitrogens with one attached hydrogen (secondary N) is 2. The minimum atomic E-state index is -1.08. The van der Waals surface area contributed by atoms with Crippen LogP contribution >= 0.6 is 11.6 Å². The number of hydrogen-bond acceptors (Lipinski definition) is 3. The smallest absolute Gasteiger partial charge is 0.328 e. The number of rotatable bonds is 5. The zero-order chi connectivity index (χ0) is 12.8. The molecule has 1 rings (SSSR count). The van der Waals surface area contributed by atoms with E-state index in [1.54, 1.807) is 24.3 Å². The number of benzene rings is 1. The van der Waals surface area contributed by atoms with E-state index in [4.69, 9.17) is 16.7 Å². The fraction of sp³-hybridized carbons (Fsp3) is 0.273. The molecule has 1 atom stereocenters. The second-order valence-electron chi connectivity index (χ2n) is 3.48. The molecular weight excluding hydrogens is 244 g/mol. The van der Waals surface area contributed by atoms with E-state index in [0.717, 1.165) is 5.69 Å². The first-order valence-corrected chi connectivity index (χ1v) is 5.36. The summed E-state index contributed by atoms with van der Waals surface area (Å²) >= 11 is 5.71. The lowest BCUT2D eigenvalue weighted by atomic mass is 10.2. The molecule has 1 unspecified atom stereocenters. The van der Waals surface area contributed by atoms with E-state index >= 15 is 0 Å². The molecule has 92 valence electrons. The van der Waals surface area contributed by atoms with Gasteiger partial charge in [-0.3, -0.25) is 4.79 Å². The molecule has 0 radical (unpaired) electrons. The van der Waals surface area contributed by atoms with Crippen LogP contribution in [0.25, 0.3) is 0 Å². The van der Waals surface area contributed by atoms with Crippen molar-refractivity contribution in [1.82, 2.24) is 5.32 Å². The third-order valence-corrected chi connectivity index (χ3v) is 2.28. The van der Waals surface area contributed by atoms with Crippen molar-refractivity contribution in [2.24, 2.45) is 0 Å². The summed E-state index contributed by atoms with van der Waals surface area (Å²) in [6.45, 7) is 1.38. The maximum absolute atomic E-state index is 10.8. The van der Waals surface area contributed by atoms with Crippen molar-refractivity contribution < 1.29 is 14.7 Å². The summed E-state index contributed by atoms with van der Waals surface area (Å²) in [7, 11) is 0. The lowest BCUT2D eigenvalue weighted by Crippen LogP contribution is -2.44. The number of carboxylic acids is 1. The lowest BCUT2D eigenvalue weighted by molar-refractivity contribution is -0.141. The first-order valence-electron chi connectivity index (χ1n) is 4.98. The summed E-state index contributed by atoms with van der Waals surface area (Å²) < 4.78 is 0. The number of carboxylic acid groups (broad SMARTS) is 1. The Bertz CT molecular complexity index is 406. The number of halogens is 1. The summed E-state index contributed by atoms with van der Waals surface area (Å²) in [5.74, 6) is -1.46. The van der Waals surface area contributed by atoms with Gasteiger partial charge in [-0.15, -0.1) is 0 Å². The van der Waals surface area contributed by atoms with Gasteiger partial charge in [-0.2, -0.15) is 0 Å². The molecule has 17 heavy (non-hydrogen) atoms. The van der Waals surface area contributed by atoms with Crippen LogP contribution in [0.3, 0.4) is 0 Å². The summed E-state index contributed by atoms with van der Waals surface area (Å²) in [6, 6.07) is 5.89. The van der Waals surface area contributed by atoms with Gasteiger partial charge in [-0.25, -0.2) is 4.79 Å². The number of amides is 1. The minimum Gasteiger partial charge on any atom is -0.480 e. The monoisotopic (exact) mass is 256 g/mol. The highest BCUT2D eigenvalue weighted by Crippen LogP contribution is 2.13. The molecule has 0 aromatic heterocycles. The van der Waals surface area contributed by atoms with Gasteiger partial charge in [0.25, 0.3) is 0 Å². The molecule has 0 heterocycles. The van der Waals surface area contributed by atoms with Crippen LogP contribution in [0.4, 0.5) is 5.69 Å². The largest absolute Gasteiger partial charge is 0.480 e. The van der Waals surface area contributed by atoms with E-state index in [1.807, 2.05) is 0 Å².